The molecule has 1 unspecified atom stereocenters. The van der Waals surface area contributed by atoms with Gasteiger partial charge in [0.25, 0.3) is 5.91 Å². The maximum atomic E-state index is 12.3. The molecule has 140 valence electrons. The highest BCUT2D eigenvalue weighted by Crippen LogP contribution is 2.22. The number of halogens is 1. The first-order valence-electron chi connectivity index (χ1n) is 8.73. The Morgan fingerprint density at radius 1 is 1.15 bits per heavy atom. The zero-order valence-electron chi connectivity index (χ0n) is 15.6. The fourth-order valence-corrected chi connectivity index (χ4v) is 3.20. The van der Waals surface area contributed by atoms with Gasteiger partial charge >= 0.3 is 5.63 Å². The number of anilines is 1. The first-order chi connectivity index (χ1) is 12.8. The Kier molecular flexibility index (Phi) is 5.63. The Bertz CT molecular complexity index is 1040. The quantitative estimate of drug-likeness (QED) is 0.664. The van der Waals surface area contributed by atoms with Gasteiger partial charge in [-0.05, 0) is 49.2 Å². The van der Waals surface area contributed by atoms with Crippen LogP contribution in [0.2, 0.25) is 5.02 Å². The van der Waals surface area contributed by atoms with Crippen LogP contribution in [0.25, 0.3) is 11.0 Å². The first kappa shape index (κ1) is 19.1. The molecule has 0 aliphatic carbocycles. The molecule has 27 heavy (non-hydrogen) atoms. The summed E-state index contributed by atoms with van der Waals surface area (Å²) < 4.78 is 5.41. The molecule has 1 heterocycles. The minimum Gasteiger partial charge on any atom is -0.422 e. The lowest BCUT2D eigenvalue weighted by molar-refractivity contribution is -0.885. The molecule has 0 aliphatic rings. The molecule has 2 N–H and O–H groups in total. The summed E-state index contributed by atoms with van der Waals surface area (Å²) in [4.78, 5) is 25.2. The van der Waals surface area contributed by atoms with Crippen LogP contribution < -0.4 is 15.8 Å². The predicted octanol–water partition coefficient (Wildman–Crippen LogP) is 2.72. The van der Waals surface area contributed by atoms with Crippen molar-refractivity contribution in [2.24, 2.45) is 0 Å². The van der Waals surface area contributed by atoms with Gasteiger partial charge < -0.3 is 14.6 Å². The van der Waals surface area contributed by atoms with Gasteiger partial charge in [0, 0.05) is 27.7 Å². The van der Waals surface area contributed by atoms with E-state index in [1.165, 1.54) is 6.07 Å². The van der Waals surface area contributed by atoms with Gasteiger partial charge in [0.1, 0.15) is 12.1 Å². The second-order valence-corrected chi connectivity index (χ2v) is 7.28. The molecular weight excluding hydrogens is 364 g/mol. The van der Waals surface area contributed by atoms with E-state index >= 15 is 0 Å². The highest BCUT2D eigenvalue weighted by Gasteiger charge is 2.15. The lowest BCUT2D eigenvalue weighted by atomic mass is 10.0. The molecule has 0 fully saturated rings. The summed E-state index contributed by atoms with van der Waals surface area (Å²) in [5.74, 6) is -0.103. The highest BCUT2D eigenvalue weighted by molar-refractivity contribution is 6.30. The van der Waals surface area contributed by atoms with Gasteiger partial charge in [-0.1, -0.05) is 23.7 Å². The number of hydrogen-bond acceptors (Lipinski definition) is 3. The van der Waals surface area contributed by atoms with Crippen molar-refractivity contribution >= 4 is 34.2 Å². The second kappa shape index (κ2) is 7.94. The number of hydrogen-bond donors (Lipinski definition) is 2. The number of amides is 1. The monoisotopic (exact) mass is 385 g/mol. The third kappa shape index (κ3) is 4.56. The molecular formula is C21H22ClN2O3+. The Hall–Kier alpha value is -2.63. The Balaban J connectivity index is 1.75. The van der Waals surface area contributed by atoms with Crippen LogP contribution in [0, 0.1) is 13.8 Å². The molecule has 1 aromatic heterocycles. The van der Waals surface area contributed by atoms with E-state index in [9.17, 15) is 9.59 Å². The van der Waals surface area contributed by atoms with Crippen molar-refractivity contribution < 1.29 is 14.1 Å². The van der Waals surface area contributed by atoms with Crippen molar-refractivity contribution in [2.45, 2.75) is 20.4 Å². The second-order valence-electron chi connectivity index (χ2n) is 6.84. The van der Waals surface area contributed by atoms with E-state index in [1.807, 2.05) is 33.0 Å². The lowest BCUT2D eigenvalue weighted by Gasteiger charge is -2.15. The van der Waals surface area contributed by atoms with Gasteiger partial charge in [-0.3, -0.25) is 4.79 Å². The van der Waals surface area contributed by atoms with Crippen LogP contribution in [-0.4, -0.2) is 19.5 Å². The van der Waals surface area contributed by atoms with Crippen LogP contribution in [0.1, 0.15) is 16.7 Å². The molecule has 2 aromatic carbocycles. The van der Waals surface area contributed by atoms with E-state index < -0.39 is 0 Å². The molecule has 0 radical (unpaired) electrons. The standard InChI is InChI=1S/C21H21ClN2O3/c1-13-4-9-18-15(10-20(26)27-21(18)14(13)2)11-24(3)12-19(25)23-17-7-5-16(22)6-8-17/h4-10H,11-12H2,1-3H3,(H,23,25)/p+1. The summed E-state index contributed by atoms with van der Waals surface area (Å²) in [6.45, 7) is 4.74. The topological polar surface area (TPSA) is 63.8 Å². The molecule has 6 heteroatoms. The first-order valence-corrected chi connectivity index (χ1v) is 9.11. The summed E-state index contributed by atoms with van der Waals surface area (Å²) in [5, 5.41) is 4.39. The smallest absolute Gasteiger partial charge is 0.336 e. The maximum absolute atomic E-state index is 12.3. The number of carbonyl (C=O) groups is 1. The minimum absolute atomic E-state index is 0.103. The summed E-state index contributed by atoms with van der Waals surface area (Å²) in [6, 6.07) is 12.5. The number of rotatable bonds is 5. The normalized spacial score (nSPS) is 12.1. The van der Waals surface area contributed by atoms with Crippen molar-refractivity contribution in [3.8, 4) is 0 Å². The summed E-state index contributed by atoms with van der Waals surface area (Å²) in [6.07, 6.45) is 0. The van der Waals surface area contributed by atoms with Crippen LogP contribution in [-0.2, 0) is 11.3 Å². The van der Waals surface area contributed by atoms with Crippen LogP contribution in [0.15, 0.2) is 51.7 Å². The molecule has 0 bridgehead atoms. The number of fused-ring (bicyclic) bond motifs is 1. The number of nitrogens with one attached hydrogen (secondary N) is 2. The highest BCUT2D eigenvalue weighted by atomic mass is 35.5. The van der Waals surface area contributed by atoms with E-state index in [2.05, 4.69) is 5.32 Å². The number of quaternary nitrogens is 1. The molecule has 5 nitrogen and oxygen atoms in total. The minimum atomic E-state index is -0.371. The van der Waals surface area contributed by atoms with Gasteiger partial charge in [-0.25, -0.2) is 4.79 Å². The largest absolute Gasteiger partial charge is 0.422 e. The van der Waals surface area contributed by atoms with Crippen LogP contribution in [0.4, 0.5) is 5.69 Å². The number of aryl methyl sites for hydroxylation is 2. The van der Waals surface area contributed by atoms with Gasteiger partial charge in [0.15, 0.2) is 6.54 Å². The Morgan fingerprint density at radius 3 is 2.56 bits per heavy atom. The van der Waals surface area contributed by atoms with Crippen molar-refractivity contribution in [3.63, 3.8) is 0 Å². The van der Waals surface area contributed by atoms with Crippen LogP contribution >= 0.6 is 11.6 Å². The van der Waals surface area contributed by atoms with Gasteiger partial charge in [0.05, 0.1) is 7.05 Å². The fourth-order valence-electron chi connectivity index (χ4n) is 3.07. The molecule has 0 saturated carbocycles. The van der Waals surface area contributed by atoms with E-state index in [0.29, 0.717) is 22.8 Å². The maximum Gasteiger partial charge on any atom is 0.336 e. The molecule has 3 rings (SSSR count). The van der Waals surface area contributed by atoms with Gasteiger partial charge in [0.2, 0.25) is 0 Å². The SMILES string of the molecule is Cc1ccc2c(C[NH+](C)CC(=O)Nc3ccc(Cl)cc3)cc(=O)oc2c1C. The van der Waals surface area contributed by atoms with Gasteiger partial charge in [-0.15, -0.1) is 0 Å². The zero-order valence-corrected chi connectivity index (χ0v) is 16.3. The molecule has 0 spiro atoms. The average Bonchev–Trinajstić information content (AvgIpc) is 2.60. The van der Waals surface area contributed by atoms with Crippen LogP contribution in [0.3, 0.4) is 0 Å². The number of likely N-dealkylation sites (N-methyl/N-ethyl adjacent to an activating group) is 1. The summed E-state index contributed by atoms with van der Waals surface area (Å²) >= 11 is 5.85. The van der Waals surface area contributed by atoms with Crippen molar-refractivity contribution in [1.82, 2.24) is 0 Å². The predicted molar refractivity (Wildman–Crippen MR) is 107 cm³/mol. The third-order valence-corrected chi connectivity index (χ3v) is 4.85. The number of carbonyl (C=O) groups excluding carboxylic acids is 1. The fraction of sp³-hybridized carbons (Fsp3) is 0.238. The molecule has 0 saturated heterocycles. The summed E-state index contributed by atoms with van der Waals surface area (Å²) in [5.41, 5.74) is 3.87. The molecule has 1 atom stereocenters. The van der Waals surface area contributed by atoms with Crippen molar-refractivity contribution in [2.75, 3.05) is 18.9 Å². The third-order valence-electron chi connectivity index (χ3n) is 4.60. The summed E-state index contributed by atoms with van der Waals surface area (Å²) in [7, 11) is 1.92. The van der Waals surface area contributed by atoms with E-state index in [4.69, 9.17) is 16.0 Å². The molecule has 3 aromatic rings. The van der Waals surface area contributed by atoms with Crippen LogP contribution in [0.5, 0.6) is 0 Å². The van der Waals surface area contributed by atoms with E-state index in [1.54, 1.807) is 24.3 Å². The van der Waals surface area contributed by atoms with Gasteiger partial charge in [-0.2, -0.15) is 0 Å². The van der Waals surface area contributed by atoms with Crippen molar-refractivity contribution in [3.05, 3.63) is 74.6 Å². The Morgan fingerprint density at radius 2 is 1.85 bits per heavy atom. The van der Waals surface area contributed by atoms with E-state index in [0.717, 1.165) is 27.0 Å². The molecule has 0 aliphatic heterocycles. The number of benzene rings is 2. The zero-order chi connectivity index (χ0) is 19.6. The average molecular weight is 386 g/mol. The van der Waals surface area contributed by atoms with E-state index in [-0.39, 0.29) is 18.1 Å². The Labute approximate surface area is 162 Å². The van der Waals surface area contributed by atoms with Crippen molar-refractivity contribution in [1.29, 1.82) is 0 Å². The molecule has 1 amide bonds. The lowest BCUT2D eigenvalue weighted by Crippen LogP contribution is -3.08.